The van der Waals surface area contributed by atoms with Gasteiger partial charge in [0.1, 0.15) is 13.2 Å². The van der Waals surface area contributed by atoms with Crippen LogP contribution in [0.3, 0.4) is 0 Å². The fraction of sp³-hybridized carbons (Fsp3) is 0.597. The molecule has 0 rings (SSSR count). The summed E-state index contributed by atoms with van der Waals surface area (Å²) in [6.45, 7) is 6.30. The van der Waals surface area contributed by atoms with Gasteiger partial charge >= 0.3 is 17.9 Å². The van der Waals surface area contributed by atoms with E-state index in [1.54, 1.807) is 0 Å². The maximum Gasteiger partial charge on any atom is 0.306 e. The number of ether oxygens (including phenoxy) is 3. The van der Waals surface area contributed by atoms with E-state index < -0.39 is 6.10 Å². The van der Waals surface area contributed by atoms with E-state index in [1.165, 1.54) is 83.5 Å². The van der Waals surface area contributed by atoms with Crippen molar-refractivity contribution in [2.24, 2.45) is 0 Å². The lowest BCUT2D eigenvalue weighted by molar-refractivity contribution is -0.167. The zero-order chi connectivity index (χ0) is 56.4. The Morgan fingerprint density at radius 1 is 0.269 bits per heavy atom. The molecule has 0 aromatic heterocycles. The lowest BCUT2D eigenvalue weighted by Gasteiger charge is -2.18. The lowest BCUT2D eigenvalue weighted by atomic mass is 10.0. The fourth-order valence-electron chi connectivity index (χ4n) is 8.14. The first-order valence-electron chi connectivity index (χ1n) is 31.5. The molecule has 0 amide bonds. The van der Waals surface area contributed by atoms with Gasteiger partial charge in [-0.05, 0) is 122 Å². The van der Waals surface area contributed by atoms with Gasteiger partial charge in [0, 0.05) is 19.3 Å². The molecule has 0 radical (unpaired) electrons. The molecule has 438 valence electrons. The first-order valence-corrected chi connectivity index (χ1v) is 31.5. The zero-order valence-electron chi connectivity index (χ0n) is 50.1. The van der Waals surface area contributed by atoms with Crippen molar-refractivity contribution >= 4 is 17.9 Å². The summed E-state index contributed by atoms with van der Waals surface area (Å²) in [5, 5.41) is 0. The van der Waals surface area contributed by atoms with E-state index in [2.05, 4.69) is 179 Å². The topological polar surface area (TPSA) is 78.9 Å². The highest BCUT2D eigenvalue weighted by Gasteiger charge is 2.19. The molecular formula is C72H114O6. The first-order chi connectivity index (χ1) is 38.5. The van der Waals surface area contributed by atoms with E-state index in [4.69, 9.17) is 14.2 Å². The Kier molecular flexibility index (Phi) is 60.4. The van der Waals surface area contributed by atoms with Gasteiger partial charge in [0.2, 0.25) is 0 Å². The minimum atomic E-state index is -0.807. The van der Waals surface area contributed by atoms with Crippen LogP contribution in [0.15, 0.2) is 158 Å². The summed E-state index contributed by atoms with van der Waals surface area (Å²) in [4.78, 5) is 38.0. The van der Waals surface area contributed by atoms with Crippen molar-refractivity contribution in [3.05, 3.63) is 158 Å². The third-order valence-corrected chi connectivity index (χ3v) is 12.8. The van der Waals surface area contributed by atoms with Crippen LogP contribution in [0, 0.1) is 0 Å². The van der Waals surface area contributed by atoms with Gasteiger partial charge in [0.15, 0.2) is 6.10 Å². The van der Waals surface area contributed by atoms with Gasteiger partial charge < -0.3 is 14.2 Å². The summed E-state index contributed by atoms with van der Waals surface area (Å²) in [6.07, 6.45) is 94.3. The number of esters is 3. The second-order valence-corrected chi connectivity index (χ2v) is 20.2. The maximum atomic E-state index is 12.8. The van der Waals surface area contributed by atoms with Crippen LogP contribution < -0.4 is 0 Å². The Balaban J connectivity index is 4.25. The second-order valence-electron chi connectivity index (χ2n) is 20.2. The van der Waals surface area contributed by atoms with E-state index >= 15 is 0 Å². The molecule has 0 fully saturated rings. The summed E-state index contributed by atoms with van der Waals surface area (Å²) in [5.74, 6) is -0.981. The predicted octanol–water partition coefficient (Wildman–Crippen LogP) is 21.7. The number of rotatable bonds is 55. The zero-order valence-corrected chi connectivity index (χ0v) is 50.1. The third kappa shape index (κ3) is 61.9. The molecule has 0 aliphatic heterocycles. The molecule has 6 nitrogen and oxygen atoms in total. The standard InChI is InChI=1S/C72H114O6/c1-4-7-10-13-16-18-20-22-24-26-28-30-32-34-35-36-37-39-40-42-44-46-48-50-52-54-56-59-62-65-71(74)77-68-69(67-76-70(73)64-61-58-15-12-9-6-3)78-72(75)66-63-60-57-55-53-51-49-47-45-43-41-38-33-31-29-27-25-23-21-19-17-14-11-8-5-2/h7-8,10-11,16-19,22-25,28-31,34-35,37,39,42,44,48,50,54,56,69H,4-6,9,12-15,20-21,26-27,32-33,36,38,40-41,43,45-47,49,51-53,55,57-68H2,1-3H3/b10-7-,11-8-,18-16-,19-17-,24-22-,25-23-,30-28-,31-29-,35-34-,39-37-,44-42-,50-48-,56-54-. The van der Waals surface area contributed by atoms with Gasteiger partial charge in [-0.2, -0.15) is 0 Å². The first kappa shape index (κ1) is 73.0. The van der Waals surface area contributed by atoms with Gasteiger partial charge in [-0.1, -0.05) is 275 Å². The Bertz CT molecular complexity index is 1760. The molecule has 0 spiro atoms. The molecule has 0 aromatic rings. The van der Waals surface area contributed by atoms with Crippen LogP contribution in [0.1, 0.15) is 258 Å². The maximum absolute atomic E-state index is 12.8. The lowest BCUT2D eigenvalue weighted by Crippen LogP contribution is -2.30. The van der Waals surface area contributed by atoms with Crippen LogP contribution in [0.2, 0.25) is 0 Å². The smallest absolute Gasteiger partial charge is 0.306 e. The fourth-order valence-corrected chi connectivity index (χ4v) is 8.14. The largest absolute Gasteiger partial charge is 0.462 e. The summed E-state index contributed by atoms with van der Waals surface area (Å²) in [7, 11) is 0. The monoisotopic (exact) mass is 1070 g/mol. The minimum Gasteiger partial charge on any atom is -0.462 e. The summed E-state index contributed by atoms with van der Waals surface area (Å²) >= 11 is 0. The average Bonchev–Trinajstić information content (AvgIpc) is 3.44. The highest BCUT2D eigenvalue weighted by Crippen LogP contribution is 2.15. The average molecular weight is 1080 g/mol. The van der Waals surface area contributed by atoms with E-state index in [9.17, 15) is 14.4 Å². The van der Waals surface area contributed by atoms with Crippen molar-refractivity contribution in [3.63, 3.8) is 0 Å². The van der Waals surface area contributed by atoms with Crippen molar-refractivity contribution in [3.8, 4) is 0 Å². The highest BCUT2D eigenvalue weighted by molar-refractivity contribution is 5.71. The molecule has 0 N–H and O–H groups in total. The summed E-state index contributed by atoms with van der Waals surface area (Å²) in [5.41, 5.74) is 0. The molecule has 6 heteroatoms. The molecule has 0 aliphatic rings. The number of carbonyl (C=O) groups is 3. The van der Waals surface area contributed by atoms with Crippen molar-refractivity contribution < 1.29 is 28.6 Å². The molecule has 0 heterocycles. The Morgan fingerprint density at radius 3 is 0.833 bits per heavy atom. The second kappa shape index (κ2) is 64.6. The number of hydrogen-bond donors (Lipinski definition) is 0. The number of allylic oxidation sites excluding steroid dienone is 26. The SMILES string of the molecule is CC/C=C\C/C=C\C/C=C\C/C=C\C/C=C\C/C=C\C/C=C\C/C=C\C/C=C\CCCC(=O)OCC(COC(=O)CCCCCCCC)OC(=O)CCCCCCCCCCCCCC/C=C\C/C=C\C/C=C\C/C=C\CC. The molecule has 0 bridgehead atoms. The van der Waals surface area contributed by atoms with E-state index in [0.29, 0.717) is 19.3 Å². The van der Waals surface area contributed by atoms with Crippen LogP contribution in [0.25, 0.3) is 0 Å². The van der Waals surface area contributed by atoms with E-state index in [-0.39, 0.29) is 37.5 Å². The van der Waals surface area contributed by atoms with Gasteiger partial charge in [0.25, 0.3) is 0 Å². The Labute approximate surface area is 480 Å². The Morgan fingerprint density at radius 2 is 0.513 bits per heavy atom. The number of carbonyl (C=O) groups excluding carboxylic acids is 3. The molecule has 0 aliphatic carbocycles. The van der Waals surface area contributed by atoms with Crippen molar-refractivity contribution in [2.75, 3.05) is 13.2 Å². The van der Waals surface area contributed by atoms with Gasteiger partial charge in [0.05, 0.1) is 0 Å². The highest BCUT2D eigenvalue weighted by atomic mass is 16.6. The van der Waals surface area contributed by atoms with Crippen molar-refractivity contribution in [1.82, 2.24) is 0 Å². The van der Waals surface area contributed by atoms with Gasteiger partial charge in [-0.3, -0.25) is 14.4 Å². The summed E-state index contributed by atoms with van der Waals surface area (Å²) < 4.78 is 16.7. The molecule has 0 saturated carbocycles. The van der Waals surface area contributed by atoms with Crippen LogP contribution >= 0.6 is 0 Å². The normalized spacial score (nSPS) is 13.2. The van der Waals surface area contributed by atoms with Crippen LogP contribution in [-0.2, 0) is 28.6 Å². The van der Waals surface area contributed by atoms with Crippen molar-refractivity contribution in [2.45, 2.75) is 264 Å². The van der Waals surface area contributed by atoms with Crippen LogP contribution in [-0.4, -0.2) is 37.2 Å². The van der Waals surface area contributed by atoms with E-state index in [1.807, 2.05) is 0 Å². The number of unbranched alkanes of at least 4 members (excludes halogenated alkanes) is 18. The van der Waals surface area contributed by atoms with Crippen LogP contribution in [0.4, 0.5) is 0 Å². The molecular weight excluding hydrogens is 961 g/mol. The third-order valence-electron chi connectivity index (χ3n) is 12.8. The molecule has 1 unspecified atom stereocenters. The molecule has 78 heavy (non-hydrogen) atoms. The van der Waals surface area contributed by atoms with Gasteiger partial charge in [-0.25, -0.2) is 0 Å². The van der Waals surface area contributed by atoms with Crippen LogP contribution in [0.5, 0.6) is 0 Å². The molecule has 1 atom stereocenters. The summed E-state index contributed by atoms with van der Waals surface area (Å²) in [6, 6.07) is 0. The van der Waals surface area contributed by atoms with E-state index in [0.717, 1.165) is 128 Å². The number of hydrogen-bond acceptors (Lipinski definition) is 6. The quantitative estimate of drug-likeness (QED) is 0.0261. The van der Waals surface area contributed by atoms with Crippen molar-refractivity contribution in [1.29, 1.82) is 0 Å². The molecule has 0 saturated heterocycles. The molecule has 0 aromatic carbocycles. The predicted molar refractivity (Wildman–Crippen MR) is 338 cm³/mol. The van der Waals surface area contributed by atoms with Gasteiger partial charge in [-0.15, -0.1) is 0 Å². The Hall–Kier alpha value is -4.97. The minimum absolute atomic E-state index is 0.102.